The maximum Gasteiger partial charge on any atom is 0.318 e. The van der Waals surface area contributed by atoms with Crippen LogP contribution in [-0.2, 0) is 20.9 Å². The summed E-state index contributed by atoms with van der Waals surface area (Å²) in [5, 5.41) is 2.80. The summed E-state index contributed by atoms with van der Waals surface area (Å²) in [7, 11) is 1.60. The molecule has 0 saturated carbocycles. The molecule has 0 aliphatic heterocycles. The van der Waals surface area contributed by atoms with Gasteiger partial charge in [-0.3, -0.25) is 9.59 Å². The monoisotopic (exact) mass is 403 g/mol. The van der Waals surface area contributed by atoms with Gasteiger partial charge in [0.2, 0.25) is 0 Å². The van der Waals surface area contributed by atoms with Crippen molar-refractivity contribution >= 4 is 11.9 Å². The summed E-state index contributed by atoms with van der Waals surface area (Å²) in [5.41, 5.74) is 2.56. The van der Waals surface area contributed by atoms with Gasteiger partial charge < -0.3 is 14.8 Å². The fraction of sp³-hybridized carbons (Fsp3) is 0.200. The number of esters is 1. The molecule has 3 rings (SSSR count). The van der Waals surface area contributed by atoms with E-state index in [1.807, 2.05) is 84.9 Å². The van der Waals surface area contributed by atoms with Crippen molar-refractivity contribution in [1.82, 2.24) is 5.32 Å². The Bertz CT molecular complexity index is 916. The van der Waals surface area contributed by atoms with Crippen molar-refractivity contribution in [3.8, 4) is 5.75 Å². The third-order valence-electron chi connectivity index (χ3n) is 4.79. The molecular formula is C25H25NO4. The number of benzene rings is 3. The summed E-state index contributed by atoms with van der Waals surface area (Å²) in [6.07, 6.45) is -0.911. The predicted molar refractivity (Wildman–Crippen MR) is 115 cm³/mol. The molecule has 3 aromatic rings. The third kappa shape index (κ3) is 5.47. The van der Waals surface area contributed by atoms with Crippen LogP contribution in [0.25, 0.3) is 0 Å². The van der Waals surface area contributed by atoms with E-state index < -0.39 is 18.0 Å². The van der Waals surface area contributed by atoms with E-state index in [-0.39, 0.29) is 5.91 Å². The maximum absolute atomic E-state index is 13.0. The number of rotatable bonds is 8. The Labute approximate surface area is 176 Å². The van der Waals surface area contributed by atoms with Gasteiger partial charge in [0.05, 0.1) is 7.11 Å². The van der Waals surface area contributed by atoms with Crippen molar-refractivity contribution < 1.29 is 19.1 Å². The first-order chi connectivity index (χ1) is 14.6. The molecule has 5 heteroatoms. The van der Waals surface area contributed by atoms with Gasteiger partial charge in [-0.05, 0) is 35.7 Å². The number of hydrogen-bond donors (Lipinski definition) is 1. The fourth-order valence-electron chi connectivity index (χ4n) is 3.13. The molecule has 1 amide bonds. The van der Waals surface area contributed by atoms with E-state index in [1.54, 1.807) is 14.0 Å². The Morgan fingerprint density at radius 3 is 1.87 bits per heavy atom. The van der Waals surface area contributed by atoms with E-state index >= 15 is 0 Å². The molecule has 5 nitrogen and oxygen atoms in total. The molecule has 1 atom stereocenters. The molecule has 0 unspecified atom stereocenters. The molecule has 1 N–H and O–H groups in total. The number of hydrogen-bond acceptors (Lipinski definition) is 4. The van der Waals surface area contributed by atoms with Gasteiger partial charge >= 0.3 is 5.97 Å². The largest absolute Gasteiger partial charge is 0.497 e. The van der Waals surface area contributed by atoms with Crippen LogP contribution in [0.4, 0.5) is 0 Å². The Morgan fingerprint density at radius 1 is 0.833 bits per heavy atom. The predicted octanol–water partition coefficient (Wildman–Crippen LogP) is 4.08. The molecule has 0 saturated heterocycles. The van der Waals surface area contributed by atoms with Crippen LogP contribution in [0.1, 0.15) is 29.5 Å². The minimum atomic E-state index is -0.911. The maximum atomic E-state index is 13.0. The SMILES string of the molecule is COc1ccc(CNC(=O)[C@H](C)OC(=O)C(c2ccccc2)c2ccccc2)cc1. The smallest absolute Gasteiger partial charge is 0.318 e. The molecule has 0 fully saturated rings. The number of methoxy groups -OCH3 is 1. The molecule has 154 valence electrons. The van der Waals surface area contributed by atoms with Crippen molar-refractivity contribution in [2.24, 2.45) is 0 Å². The van der Waals surface area contributed by atoms with Gasteiger partial charge in [-0.2, -0.15) is 0 Å². The summed E-state index contributed by atoms with van der Waals surface area (Å²) >= 11 is 0. The van der Waals surface area contributed by atoms with E-state index in [0.29, 0.717) is 6.54 Å². The Morgan fingerprint density at radius 2 is 1.37 bits per heavy atom. The van der Waals surface area contributed by atoms with Gasteiger partial charge in [-0.1, -0.05) is 72.8 Å². The van der Waals surface area contributed by atoms with E-state index in [1.165, 1.54) is 0 Å². The number of amides is 1. The minimum Gasteiger partial charge on any atom is -0.497 e. The topological polar surface area (TPSA) is 64.6 Å². The zero-order valence-corrected chi connectivity index (χ0v) is 17.1. The summed E-state index contributed by atoms with van der Waals surface area (Å²) in [5.74, 6) is -0.650. The lowest BCUT2D eigenvalue weighted by atomic mass is 9.91. The Hall–Kier alpha value is -3.60. The second-order valence-corrected chi connectivity index (χ2v) is 6.90. The average molecular weight is 403 g/mol. The van der Waals surface area contributed by atoms with Crippen molar-refractivity contribution in [1.29, 1.82) is 0 Å². The van der Waals surface area contributed by atoms with Gasteiger partial charge in [0, 0.05) is 6.54 Å². The van der Waals surface area contributed by atoms with E-state index in [2.05, 4.69) is 5.32 Å². The van der Waals surface area contributed by atoms with E-state index in [4.69, 9.17) is 9.47 Å². The highest BCUT2D eigenvalue weighted by Gasteiger charge is 2.27. The lowest BCUT2D eigenvalue weighted by Crippen LogP contribution is -2.36. The van der Waals surface area contributed by atoms with E-state index in [0.717, 1.165) is 22.4 Å². The second-order valence-electron chi connectivity index (χ2n) is 6.90. The van der Waals surface area contributed by atoms with Gasteiger partial charge in [0.15, 0.2) is 6.10 Å². The molecule has 0 aliphatic carbocycles. The van der Waals surface area contributed by atoms with Crippen LogP contribution in [0.5, 0.6) is 5.75 Å². The van der Waals surface area contributed by atoms with Crippen LogP contribution >= 0.6 is 0 Å². The summed E-state index contributed by atoms with van der Waals surface area (Å²) < 4.78 is 10.7. The molecule has 30 heavy (non-hydrogen) atoms. The van der Waals surface area contributed by atoms with Crippen LogP contribution in [0.3, 0.4) is 0 Å². The first kappa shape index (κ1) is 21.1. The second kappa shape index (κ2) is 10.3. The highest BCUT2D eigenvalue weighted by atomic mass is 16.5. The van der Waals surface area contributed by atoms with Gasteiger partial charge in [0.1, 0.15) is 11.7 Å². The standard InChI is InChI=1S/C25H25NO4/c1-18(24(27)26-17-19-13-15-22(29-2)16-14-19)30-25(28)23(20-9-5-3-6-10-20)21-11-7-4-8-12-21/h3-16,18,23H,17H2,1-2H3,(H,26,27)/t18-/m0/s1. The molecule has 0 aliphatic rings. The first-order valence-corrected chi connectivity index (χ1v) is 9.79. The third-order valence-corrected chi connectivity index (χ3v) is 4.79. The lowest BCUT2D eigenvalue weighted by Gasteiger charge is -2.20. The van der Waals surface area contributed by atoms with E-state index in [9.17, 15) is 9.59 Å². The molecule has 0 heterocycles. The lowest BCUT2D eigenvalue weighted by molar-refractivity contribution is -0.155. The molecular weight excluding hydrogens is 378 g/mol. The minimum absolute atomic E-state index is 0.339. The fourth-order valence-corrected chi connectivity index (χ4v) is 3.13. The normalized spacial score (nSPS) is 11.6. The number of nitrogens with one attached hydrogen (secondary N) is 1. The summed E-state index contributed by atoms with van der Waals surface area (Å²) in [4.78, 5) is 25.4. The van der Waals surface area contributed by atoms with Crippen molar-refractivity contribution in [2.75, 3.05) is 7.11 Å². The van der Waals surface area contributed by atoms with Crippen LogP contribution in [0.15, 0.2) is 84.9 Å². The molecule has 3 aromatic carbocycles. The van der Waals surface area contributed by atoms with Crippen molar-refractivity contribution in [2.45, 2.75) is 25.5 Å². The summed E-state index contributed by atoms with van der Waals surface area (Å²) in [6, 6.07) is 26.2. The van der Waals surface area contributed by atoms with Crippen LogP contribution in [0.2, 0.25) is 0 Å². The van der Waals surface area contributed by atoms with Crippen molar-refractivity contribution in [3.63, 3.8) is 0 Å². The zero-order valence-electron chi connectivity index (χ0n) is 17.1. The number of ether oxygens (including phenoxy) is 2. The molecule has 0 radical (unpaired) electrons. The Balaban J connectivity index is 1.65. The van der Waals surface area contributed by atoms with Gasteiger partial charge in [0.25, 0.3) is 5.91 Å². The van der Waals surface area contributed by atoms with Crippen LogP contribution in [0, 0.1) is 0 Å². The van der Waals surface area contributed by atoms with Gasteiger partial charge in [-0.15, -0.1) is 0 Å². The van der Waals surface area contributed by atoms with Crippen LogP contribution in [-0.4, -0.2) is 25.1 Å². The quantitative estimate of drug-likeness (QED) is 0.576. The van der Waals surface area contributed by atoms with Gasteiger partial charge in [-0.25, -0.2) is 0 Å². The average Bonchev–Trinajstić information content (AvgIpc) is 2.79. The highest BCUT2D eigenvalue weighted by molar-refractivity contribution is 5.87. The van der Waals surface area contributed by atoms with Crippen molar-refractivity contribution in [3.05, 3.63) is 102 Å². The van der Waals surface area contributed by atoms with Crippen LogP contribution < -0.4 is 10.1 Å². The molecule has 0 spiro atoms. The Kier molecular flexibility index (Phi) is 7.22. The highest BCUT2D eigenvalue weighted by Crippen LogP contribution is 2.26. The number of carbonyl (C=O) groups is 2. The molecule has 0 bridgehead atoms. The first-order valence-electron chi connectivity index (χ1n) is 9.79. The number of carbonyl (C=O) groups excluding carboxylic acids is 2. The zero-order chi connectivity index (χ0) is 21.3. The summed E-state index contributed by atoms with van der Waals surface area (Å²) in [6.45, 7) is 1.92. The molecule has 0 aromatic heterocycles.